The van der Waals surface area contributed by atoms with Gasteiger partial charge < -0.3 is 10.1 Å². The standard InChI is InChI=1S/C14H20N2O3S/c1-2-3-7-19-8-6-16-20(17,18)14-5-4-12-10-15-11-13(12)9-14/h2,4-5,9,15-16H,1,3,6-8,10-11H2. The van der Waals surface area contributed by atoms with Crippen LogP contribution in [0.2, 0.25) is 0 Å². The van der Waals surface area contributed by atoms with E-state index < -0.39 is 10.0 Å². The molecule has 0 unspecified atom stereocenters. The van der Waals surface area contributed by atoms with Gasteiger partial charge in [0.1, 0.15) is 0 Å². The summed E-state index contributed by atoms with van der Waals surface area (Å²) in [5.41, 5.74) is 2.21. The van der Waals surface area contributed by atoms with Crippen molar-refractivity contribution in [3.8, 4) is 0 Å². The van der Waals surface area contributed by atoms with Crippen molar-refractivity contribution in [1.29, 1.82) is 0 Å². The van der Waals surface area contributed by atoms with E-state index >= 15 is 0 Å². The molecule has 1 aliphatic rings. The predicted octanol–water partition coefficient (Wildman–Crippen LogP) is 1.16. The van der Waals surface area contributed by atoms with Gasteiger partial charge in [-0.3, -0.25) is 0 Å². The van der Waals surface area contributed by atoms with Crippen LogP contribution in [0.25, 0.3) is 0 Å². The maximum atomic E-state index is 12.1. The molecular formula is C14H20N2O3S. The van der Waals surface area contributed by atoms with Crippen molar-refractivity contribution in [2.24, 2.45) is 0 Å². The van der Waals surface area contributed by atoms with E-state index in [1.165, 1.54) is 0 Å². The van der Waals surface area contributed by atoms with Crippen molar-refractivity contribution in [3.63, 3.8) is 0 Å². The van der Waals surface area contributed by atoms with Gasteiger partial charge in [0, 0.05) is 19.6 Å². The monoisotopic (exact) mass is 296 g/mol. The van der Waals surface area contributed by atoms with Crippen LogP contribution in [0.3, 0.4) is 0 Å². The van der Waals surface area contributed by atoms with Crippen LogP contribution < -0.4 is 10.0 Å². The van der Waals surface area contributed by atoms with Gasteiger partial charge in [-0.05, 0) is 29.7 Å². The summed E-state index contributed by atoms with van der Waals surface area (Å²) >= 11 is 0. The van der Waals surface area contributed by atoms with Gasteiger partial charge in [0.2, 0.25) is 10.0 Å². The van der Waals surface area contributed by atoms with Crippen LogP contribution in [0.5, 0.6) is 0 Å². The molecule has 2 N–H and O–H groups in total. The SMILES string of the molecule is C=CCCOCCNS(=O)(=O)c1ccc2c(c1)CNC2. The molecule has 0 radical (unpaired) electrons. The second-order valence-corrected chi connectivity index (χ2v) is 6.39. The molecule has 0 saturated carbocycles. The fourth-order valence-corrected chi connectivity index (χ4v) is 3.10. The van der Waals surface area contributed by atoms with Crippen molar-refractivity contribution in [1.82, 2.24) is 10.0 Å². The van der Waals surface area contributed by atoms with Gasteiger partial charge in [0.25, 0.3) is 0 Å². The Morgan fingerprint density at radius 2 is 2.10 bits per heavy atom. The lowest BCUT2D eigenvalue weighted by molar-refractivity contribution is 0.144. The molecule has 0 aromatic heterocycles. The Hall–Kier alpha value is -1.21. The number of ether oxygens (including phenoxy) is 1. The highest BCUT2D eigenvalue weighted by molar-refractivity contribution is 7.89. The van der Waals surface area contributed by atoms with Crippen LogP contribution in [0.1, 0.15) is 17.5 Å². The quantitative estimate of drug-likeness (QED) is 0.558. The lowest BCUT2D eigenvalue weighted by atomic mass is 10.1. The third kappa shape index (κ3) is 3.89. The summed E-state index contributed by atoms with van der Waals surface area (Å²) < 4.78 is 32.1. The van der Waals surface area contributed by atoms with E-state index in [1.54, 1.807) is 18.2 Å². The summed E-state index contributed by atoms with van der Waals surface area (Å²) in [6, 6.07) is 5.24. The number of sulfonamides is 1. The van der Waals surface area contributed by atoms with Crippen molar-refractivity contribution in [2.45, 2.75) is 24.4 Å². The molecule has 0 aliphatic carbocycles. The van der Waals surface area contributed by atoms with Crippen LogP contribution in [-0.4, -0.2) is 28.2 Å². The largest absolute Gasteiger partial charge is 0.380 e. The average Bonchev–Trinajstić information content (AvgIpc) is 2.90. The van der Waals surface area contributed by atoms with E-state index in [-0.39, 0.29) is 6.54 Å². The van der Waals surface area contributed by atoms with E-state index in [1.807, 2.05) is 6.07 Å². The molecule has 1 heterocycles. The fourth-order valence-electron chi connectivity index (χ4n) is 2.04. The summed E-state index contributed by atoms with van der Waals surface area (Å²) in [5, 5.41) is 3.19. The van der Waals surface area contributed by atoms with Crippen molar-refractivity contribution in [2.75, 3.05) is 19.8 Å². The number of fused-ring (bicyclic) bond motifs is 1. The summed E-state index contributed by atoms with van der Waals surface area (Å²) in [4.78, 5) is 0.311. The zero-order chi connectivity index (χ0) is 14.4. The normalized spacial score (nSPS) is 14.2. The van der Waals surface area contributed by atoms with Crippen LogP contribution in [0.4, 0.5) is 0 Å². The van der Waals surface area contributed by atoms with Crippen LogP contribution in [0, 0.1) is 0 Å². The average molecular weight is 296 g/mol. The van der Waals surface area contributed by atoms with E-state index in [0.717, 1.165) is 30.6 Å². The smallest absolute Gasteiger partial charge is 0.240 e. The number of hydrogen-bond donors (Lipinski definition) is 2. The first-order valence-corrected chi connectivity index (χ1v) is 8.12. The highest BCUT2D eigenvalue weighted by Crippen LogP contribution is 2.19. The molecule has 20 heavy (non-hydrogen) atoms. The molecule has 0 spiro atoms. The number of benzene rings is 1. The van der Waals surface area contributed by atoms with Crippen molar-refractivity contribution >= 4 is 10.0 Å². The molecule has 1 aromatic carbocycles. The van der Waals surface area contributed by atoms with Gasteiger partial charge in [-0.25, -0.2) is 13.1 Å². The lowest BCUT2D eigenvalue weighted by Gasteiger charge is -2.08. The second kappa shape index (κ2) is 6.99. The molecule has 5 nitrogen and oxygen atoms in total. The molecule has 0 bridgehead atoms. The Morgan fingerprint density at radius 3 is 2.90 bits per heavy atom. The summed E-state index contributed by atoms with van der Waals surface area (Å²) in [7, 11) is -3.45. The zero-order valence-electron chi connectivity index (χ0n) is 11.4. The minimum atomic E-state index is -3.45. The summed E-state index contributed by atoms with van der Waals surface area (Å²) in [6.07, 6.45) is 2.54. The lowest BCUT2D eigenvalue weighted by Crippen LogP contribution is -2.27. The van der Waals surface area contributed by atoms with Gasteiger partial charge in [0.15, 0.2) is 0 Å². The Labute approximate surface area is 120 Å². The molecule has 0 saturated heterocycles. The van der Waals surface area contributed by atoms with E-state index in [9.17, 15) is 8.42 Å². The van der Waals surface area contributed by atoms with Gasteiger partial charge in [-0.15, -0.1) is 6.58 Å². The second-order valence-electron chi connectivity index (χ2n) is 4.62. The Balaban J connectivity index is 1.88. The first-order chi connectivity index (χ1) is 9.63. The molecule has 2 rings (SSSR count). The van der Waals surface area contributed by atoms with Crippen molar-refractivity contribution in [3.05, 3.63) is 42.0 Å². The first-order valence-electron chi connectivity index (χ1n) is 6.64. The first kappa shape index (κ1) is 15.2. The Morgan fingerprint density at radius 1 is 1.30 bits per heavy atom. The topological polar surface area (TPSA) is 67.4 Å². The third-order valence-corrected chi connectivity index (χ3v) is 4.58. The maximum absolute atomic E-state index is 12.1. The van der Waals surface area contributed by atoms with E-state index in [0.29, 0.717) is 18.1 Å². The predicted molar refractivity (Wildman–Crippen MR) is 77.8 cm³/mol. The highest BCUT2D eigenvalue weighted by Gasteiger charge is 2.17. The maximum Gasteiger partial charge on any atom is 0.240 e. The van der Waals surface area contributed by atoms with Crippen molar-refractivity contribution < 1.29 is 13.2 Å². The summed E-state index contributed by atoms with van der Waals surface area (Å²) in [6.45, 7) is 6.32. The third-order valence-electron chi connectivity index (χ3n) is 3.12. The minimum Gasteiger partial charge on any atom is -0.380 e. The van der Waals surface area contributed by atoms with Crippen LogP contribution in [-0.2, 0) is 27.8 Å². The zero-order valence-corrected chi connectivity index (χ0v) is 12.2. The van der Waals surface area contributed by atoms with Gasteiger partial charge in [-0.2, -0.15) is 0 Å². The molecule has 0 fully saturated rings. The van der Waals surface area contributed by atoms with Gasteiger partial charge in [-0.1, -0.05) is 12.1 Å². The number of hydrogen-bond acceptors (Lipinski definition) is 4. The highest BCUT2D eigenvalue weighted by atomic mass is 32.2. The molecular weight excluding hydrogens is 276 g/mol. The molecule has 110 valence electrons. The summed E-state index contributed by atoms with van der Waals surface area (Å²) in [5.74, 6) is 0. The molecule has 1 aromatic rings. The minimum absolute atomic E-state index is 0.273. The molecule has 1 aliphatic heterocycles. The number of rotatable bonds is 8. The molecule has 0 amide bonds. The molecule has 0 atom stereocenters. The van der Waals surface area contributed by atoms with Crippen LogP contribution in [0.15, 0.2) is 35.7 Å². The van der Waals surface area contributed by atoms with Crippen LogP contribution >= 0.6 is 0 Å². The van der Waals surface area contributed by atoms with Gasteiger partial charge >= 0.3 is 0 Å². The fraction of sp³-hybridized carbons (Fsp3) is 0.429. The van der Waals surface area contributed by atoms with E-state index in [4.69, 9.17) is 4.74 Å². The van der Waals surface area contributed by atoms with E-state index in [2.05, 4.69) is 16.6 Å². The van der Waals surface area contributed by atoms with Gasteiger partial charge in [0.05, 0.1) is 18.1 Å². The number of nitrogens with one attached hydrogen (secondary N) is 2. The molecule has 6 heteroatoms. The Kier molecular flexibility index (Phi) is 5.31. The Bertz CT molecular complexity index is 570.